The number of imidazole rings is 1. The van der Waals surface area contributed by atoms with Crippen LogP contribution in [-0.4, -0.2) is 101 Å². The number of ether oxygens (including phenoxy) is 2. The third-order valence-electron chi connectivity index (χ3n) is 13.7. The minimum Gasteiger partial charge on any atom is -0.453 e. The Labute approximate surface area is 351 Å². The van der Waals surface area contributed by atoms with E-state index in [-0.39, 0.29) is 40.2 Å². The quantitative estimate of drug-likeness (QED) is 0.104. The van der Waals surface area contributed by atoms with E-state index in [1.54, 1.807) is 0 Å². The molecule has 0 spiro atoms. The maximum absolute atomic E-state index is 14.0. The molecule has 314 valence electrons. The number of amides is 4. The molecular weight excluding hydrogens is 759 g/mol. The molecule has 3 N–H and O–H groups in total. The second-order valence-electron chi connectivity index (χ2n) is 18.0. The zero-order chi connectivity index (χ0) is 42.7. The SMILES string of the molecule is COC(=O)N[C@H](C(=O)N1[C@@H]2CC[C@@H](C2)[C@H]1c1ncc(-c2ccc3cc(-c4ccc(C5=CN=C([C@]6(C)C[N+]6(C)C(=O)[C@@H](NC(=O)OC)C(C)C)C5)cc4)ccc3c2)[nH]1)C(C)C. The Kier molecular flexibility index (Phi) is 10.7. The smallest absolute Gasteiger partial charge is 0.407 e. The van der Waals surface area contributed by atoms with E-state index in [0.29, 0.717) is 18.9 Å². The molecule has 1 aliphatic carbocycles. The third kappa shape index (κ3) is 7.16. The van der Waals surface area contributed by atoms with Crippen LogP contribution in [0.25, 0.3) is 38.7 Å². The van der Waals surface area contributed by atoms with E-state index in [1.165, 1.54) is 14.2 Å². The minimum atomic E-state index is -0.680. The standard InChI is InChI=1S/C47H55N7O6/c1-26(2)39(51-45(57)59-7)43(55)53-36-18-17-34(21-36)41(53)42-49-24-37(50-42)33-16-15-31-19-30(13-14-32(31)20-33)28-9-11-29(12-10-28)35-22-38(48-23-35)47(5)25-54(47,6)44(56)40(27(3)4)52-46(58)60-8/h9-16,19-20,23-24,26-27,34,36,39-41H,17-18,21-22,25H2,1-8H3,(H2-,49,50,51,52,57,58)/p+1/t34-,36+,39-,40-,41-,47-,54?/m0/s1. The van der Waals surface area contributed by atoms with E-state index >= 15 is 0 Å². The van der Waals surface area contributed by atoms with Crippen LogP contribution in [0.4, 0.5) is 9.59 Å². The zero-order valence-electron chi connectivity index (χ0n) is 35.7. The molecule has 4 aliphatic rings. The van der Waals surface area contributed by atoms with Gasteiger partial charge in [0.25, 0.3) is 0 Å². The second-order valence-corrected chi connectivity index (χ2v) is 18.0. The fourth-order valence-corrected chi connectivity index (χ4v) is 9.84. The number of likely N-dealkylation sites (N-methyl/N-ethyl adjacent to an activating group) is 1. The topological polar surface area (TPSA) is 155 Å². The van der Waals surface area contributed by atoms with Crippen LogP contribution in [0.2, 0.25) is 0 Å². The maximum Gasteiger partial charge on any atom is 0.407 e. The second kappa shape index (κ2) is 15.7. The number of quaternary nitrogens is 1. The normalized spacial score (nSPS) is 25.2. The molecule has 1 aromatic heterocycles. The van der Waals surface area contributed by atoms with Gasteiger partial charge in [0.05, 0.1) is 44.9 Å². The molecule has 1 unspecified atom stereocenters. The van der Waals surface area contributed by atoms with Crippen molar-refractivity contribution in [2.75, 3.05) is 27.8 Å². The number of likely N-dealkylation sites (tertiary alicyclic amines) is 1. The molecule has 1 saturated carbocycles. The van der Waals surface area contributed by atoms with Crippen LogP contribution in [0, 0.1) is 17.8 Å². The van der Waals surface area contributed by atoms with Gasteiger partial charge in [0.15, 0.2) is 5.54 Å². The van der Waals surface area contributed by atoms with Crippen LogP contribution in [0.1, 0.15) is 77.7 Å². The van der Waals surface area contributed by atoms with Gasteiger partial charge in [0.1, 0.15) is 24.5 Å². The molecule has 2 saturated heterocycles. The number of hydrogen-bond donors (Lipinski definition) is 3. The van der Waals surface area contributed by atoms with Gasteiger partial charge in [-0.2, -0.15) is 0 Å². The number of rotatable bonds is 11. The van der Waals surface area contributed by atoms with E-state index in [2.05, 4.69) is 83.2 Å². The predicted octanol–water partition coefficient (Wildman–Crippen LogP) is 7.64. The summed E-state index contributed by atoms with van der Waals surface area (Å²) in [5.74, 6) is 0.778. The van der Waals surface area contributed by atoms with Crippen molar-refractivity contribution in [1.82, 2.24) is 25.5 Å². The summed E-state index contributed by atoms with van der Waals surface area (Å²) in [6.45, 7) is 10.4. The lowest BCUT2D eigenvalue weighted by Gasteiger charge is -2.37. The lowest BCUT2D eigenvalue weighted by molar-refractivity contribution is -0.720. The van der Waals surface area contributed by atoms with Gasteiger partial charge in [-0.15, -0.1) is 0 Å². The minimum absolute atomic E-state index is 0.0409. The first-order valence-corrected chi connectivity index (χ1v) is 21.0. The average molecular weight is 815 g/mol. The summed E-state index contributed by atoms with van der Waals surface area (Å²) in [5.41, 5.74) is 6.87. The number of nitrogens with one attached hydrogen (secondary N) is 3. The number of aliphatic imine (C=N–C) groups is 1. The molecule has 60 heavy (non-hydrogen) atoms. The largest absolute Gasteiger partial charge is 0.453 e. The van der Waals surface area contributed by atoms with E-state index < -0.39 is 29.8 Å². The van der Waals surface area contributed by atoms with Gasteiger partial charge in [-0.25, -0.2) is 23.9 Å². The number of alkyl carbamates (subject to hydrolysis) is 2. The summed E-state index contributed by atoms with van der Waals surface area (Å²) in [6, 6.07) is 20.1. The number of benzene rings is 3. The molecule has 13 nitrogen and oxygen atoms in total. The van der Waals surface area contributed by atoms with E-state index in [4.69, 9.17) is 19.5 Å². The third-order valence-corrected chi connectivity index (χ3v) is 13.7. The fraction of sp³-hybridized carbons (Fsp3) is 0.447. The van der Waals surface area contributed by atoms with Crippen molar-refractivity contribution in [2.24, 2.45) is 22.7 Å². The molecule has 4 amide bonds. The molecular formula is C47H56N7O6+. The summed E-state index contributed by atoms with van der Waals surface area (Å²) in [7, 11) is 4.54. The Morgan fingerprint density at radius 2 is 1.43 bits per heavy atom. The van der Waals surface area contributed by atoms with Crippen molar-refractivity contribution in [3.63, 3.8) is 0 Å². The van der Waals surface area contributed by atoms with Crippen molar-refractivity contribution in [3.8, 4) is 22.4 Å². The number of aromatic amines is 1. The Morgan fingerprint density at radius 3 is 2.08 bits per heavy atom. The summed E-state index contributed by atoms with van der Waals surface area (Å²) < 4.78 is 9.80. The maximum atomic E-state index is 14.0. The van der Waals surface area contributed by atoms with Crippen LogP contribution >= 0.6 is 0 Å². The van der Waals surface area contributed by atoms with Crippen molar-refractivity contribution in [2.45, 2.75) is 90.0 Å². The van der Waals surface area contributed by atoms with E-state index in [9.17, 15) is 19.2 Å². The Bertz CT molecular complexity index is 2420. The number of methoxy groups -OCH3 is 2. The molecule has 3 fully saturated rings. The highest BCUT2D eigenvalue weighted by molar-refractivity contribution is 6.06. The van der Waals surface area contributed by atoms with Crippen LogP contribution in [0.5, 0.6) is 0 Å². The molecule has 7 atom stereocenters. The van der Waals surface area contributed by atoms with Crippen molar-refractivity contribution in [1.29, 1.82) is 0 Å². The first-order chi connectivity index (χ1) is 28.6. The summed E-state index contributed by atoms with van der Waals surface area (Å²) in [6.07, 6.45) is 6.16. The number of carbonyl (C=O) groups is 4. The van der Waals surface area contributed by atoms with E-state index in [0.717, 1.165) is 75.1 Å². The lowest BCUT2D eigenvalue weighted by atomic mass is 9.94. The molecule has 3 aromatic carbocycles. The van der Waals surface area contributed by atoms with Crippen LogP contribution in [0.3, 0.4) is 0 Å². The van der Waals surface area contributed by atoms with Crippen molar-refractivity contribution in [3.05, 3.63) is 84.4 Å². The summed E-state index contributed by atoms with van der Waals surface area (Å²) in [5, 5.41) is 7.72. The molecule has 4 heterocycles. The average Bonchev–Trinajstić information content (AvgIpc) is 3.94. The molecule has 3 aliphatic heterocycles. The van der Waals surface area contributed by atoms with Crippen LogP contribution < -0.4 is 10.6 Å². The van der Waals surface area contributed by atoms with Gasteiger partial charge >= 0.3 is 18.1 Å². The molecule has 0 radical (unpaired) electrons. The zero-order valence-corrected chi connectivity index (χ0v) is 35.7. The highest BCUT2D eigenvalue weighted by Crippen LogP contribution is 2.50. The number of H-pyrrole nitrogens is 1. The number of nitrogens with zero attached hydrogens (tertiary/aromatic N) is 4. The number of fused-ring (bicyclic) bond motifs is 3. The van der Waals surface area contributed by atoms with E-state index in [1.807, 2.05) is 52.0 Å². The molecule has 4 aromatic rings. The van der Waals surface area contributed by atoms with Gasteiger partial charge in [0.2, 0.25) is 5.91 Å². The highest BCUT2D eigenvalue weighted by Gasteiger charge is 2.72. The highest BCUT2D eigenvalue weighted by atomic mass is 16.5. The van der Waals surface area contributed by atoms with Gasteiger partial charge in [-0.05, 0) is 82.2 Å². The lowest BCUT2D eigenvalue weighted by Crippen LogP contribution is -2.54. The number of carbonyl (C=O) groups excluding carboxylic acids is 4. The first-order valence-electron chi connectivity index (χ1n) is 21.0. The number of piperidine rings is 1. The Hall–Kier alpha value is -5.82. The van der Waals surface area contributed by atoms with Crippen LogP contribution in [-0.2, 0) is 19.1 Å². The summed E-state index contributed by atoms with van der Waals surface area (Å²) in [4.78, 5) is 67.0. The van der Waals surface area contributed by atoms with Crippen LogP contribution in [0.15, 0.2) is 78.1 Å². The van der Waals surface area contributed by atoms with Gasteiger partial charge < -0.3 is 30.0 Å². The number of aromatic nitrogens is 2. The van der Waals surface area contributed by atoms with Gasteiger partial charge in [0, 0.05) is 31.1 Å². The number of hydrogen-bond acceptors (Lipinski definition) is 8. The van der Waals surface area contributed by atoms with Crippen molar-refractivity contribution < 1.29 is 33.1 Å². The van der Waals surface area contributed by atoms with Gasteiger partial charge in [-0.3, -0.25) is 9.79 Å². The molecule has 2 bridgehead atoms. The number of allylic oxidation sites excluding steroid dienone is 1. The van der Waals surface area contributed by atoms with Crippen molar-refractivity contribution >= 4 is 46.1 Å². The van der Waals surface area contributed by atoms with Gasteiger partial charge in [-0.1, -0.05) is 76.2 Å². The molecule has 8 rings (SSSR count). The first kappa shape index (κ1) is 40.9. The molecule has 13 heteroatoms. The fourth-order valence-electron chi connectivity index (χ4n) is 9.84. The Balaban J connectivity index is 0.933. The monoisotopic (exact) mass is 814 g/mol. The summed E-state index contributed by atoms with van der Waals surface area (Å²) >= 11 is 0. The predicted molar refractivity (Wildman–Crippen MR) is 231 cm³/mol. The Morgan fingerprint density at radius 1 is 0.833 bits per heavy atom.